The number of hydrogen-bond acceptors (Lipinski definition) is 3. The normalized spacial score (nSPS) is 16.5. The van der Waals surface area contributed by atoms with Crippen molar-refractivity contribution in [1.82, 2.24) is 0 Å². The van der Waals surface area contributed by atoms with Gasteiger partial charge in [0.1, 0.15) is 5.75 Å². The van der Waals surface area contributed by atoms with Crippen LogP contribution < -0.4 is 15.8 Å². The Hall–Kier alpha value is -1.26. The van der Waals surface area contributed by atoms with Crippen molar-refractivity contribution in [3.05, 3.63) is 24.3 Å². The first kappa shape index (κ1) is 17.8. The topological polar surface area (TPSA) is 64.4 Å². The van der Waals surface area contributed by atoms with E-state index in [0.717, 1.165) is 30.4 Å². The predicted molar refractivity (Wildman–Crippen MR) is 88.0 cm³/mol. The molecule has 1 aromatic carbocycles. The molecular weight excluding hydrogens is 288 g/mol. The molecule has 0 heterocycles. The number of hydrogen-bond donors (Lipinski definition) is 2. The molecule has 1 aromatic rings. The first-order valence-electron chi connectivity index (χ1n) is 7.34. The SMILES string of the molecule is CCCC(C)(N)C(=O)Nc1ccc(OCC2CC2)cc1.Cl. The van der Waals surface area contributed by atoms with Gasteiger partial charge in [0.05, 0.1) is 12.1 Å². The summed E-state index contributed by atoms with van der Waals surface area (Å²) in [4.78, 5) is 12.1. The van der Waals surface area contributed by atoms with E-state index in [1.807, 2.05) is 31.2 Å². The quantitative estimate of drug-likeness (QED) is 0.811. The molecule has 1 saturated carbocycles. The number of nitrogens with two attached hydrogens (primary N) is 1. The third kappa shape index (κ3) is 5.56. The first-order valence-corrected chi connectivity index (χ1v) is 7.34. The molecule has 21 heavy (non-hydrogen) atoms. The molecule has 0 bridgehead atoms. The zero-order chi connectivity index (χ0) is 14.6. The monoisotopic (exact) mass is 312 g/mol. The van der Waals surface area contributed by atoms with E-state index in [1.165, 1.54) is 12.8 Å². The molecule has 0 radical (unpaired) electrons. The lowest BCUT2D eigenvalue weighted by atomic mass is 9.96. The van der Waals surface area contributed by atoms with E-state index in [-0.39, 0.29) is 18.3 Å². The average Bonchev–Trinajstić information content (AvgIpc) is 3.22. The third-order valence-electron chi connectivity index (χ3n) is 3.58. The van der Waals surface area contributed by atoms with Crippen LogP contribution in [-0.2, 0) is 4.79 Å². The lowest BCUT2D eigenvalue weighted by Gasteiger charge is -2.22. The highest BCUT2D eigenvalue weighted by Gasteiger charge is 2.27. The summed E-state index contributed by atoms with van der Waals surface area (Å²) in [5, 5.41) is 2.85. The number of rotatable bonds is 7. The van der Waals surface area contributed by atoms with Gasteiger partial charge < -0.3 is 15.8 Å². The molecule has 2 rings (SSSR count). The van der Waals surface area contributed by atoms with Gasteiger partial charge in [-0.15, -0.1) is 12.4 Å². The van der Waals surface area contributed by atoms with Crippen molar-refractivity contribution >= 4 is 24.0 Å². The van der Waals surface area contributed by atoms with Gasteiger partial charge in [0.2, 0.25) is 5.91 Å². The summed E-state index contributed by atoms with van der Waals surface area (Å²) < 4.78 is 5.66. The number of amides is 1. The highest BCUT2D eigenvalue weighted by Crippen LogP contribution is 2.29. The van der Waals surface area contributed by atoms with Crippen LogP contribution in [0.5, 0.6) is 5.75 Å². The van der Waals surface area contributed by atoms with Gasteiger partial charge in [0.25, 0.3) is 0 Å². The van der Waals surface area contributed by atoms with Crippen LogP contribution in [0.4, 0.5) is 5.69 Å². The largest absolute Gasteiger partial charge is 0.493 e. The van der Waals surface area contributed by atoms with Crippen LogP contribution in [0.1, 0.15) is 39.5 Å². The molecule has 3 N–H and O–H groups in total. The van der Waals surface area contributed by atoms with Crippen molar-refractivity contribution in [2.45, 2.75) is 45.1 Å². The van der Waals surface area contributed by atoms with Crippen molar-refractivity contribution in [2.75, 3.05) is 11.9 Å². The summed E-state index contributed by atoms with van der Waals surface area (Å²) in [6, 6.07) is 7.46. The summed E-state index contributed by atoms with van der Waals surface area (Å²) in [5.41, 5.74) is 5.93. The van der Waals surface area contributed by atoms with E-state index in [2.05, 4.69) is 5.32 Å². The van der Waals surface area contributed by atoms with Crippen molar-refractivity contribution in [3.63, 3.8) is 0 Å². The van der Waals surface area contributed by atoms with E-state index < -0.39 is 5.54 Å². The minimum atomic E-state index is -0.824. The Balaban J connectivity index is 0.00000220. The fraction of sp³-hybridized carbons (Fsp3) is 0.562. The van der Waals surface area contributed by atoms with Crippen LogP contribution in [0.25, 0.3) is 0 Å². The Labute approximate surface area is 132 Å². The second-order valence-corrected chi connectivity index (χ2v) is 5.90. The van der Waals surface area contributed by atoms with Crippen molar-refractivity contribution in [3.8, 4) is 5.75 Å². The Morgan fingerprint density at radius 2 is 2.00 bits per heavy atom. The van der Waals surface area contributed by atoms with Crippen LogP contribution in [0.3, 0.4) is 0 Å². The van der Waals surface area contributed by atoms with E-state index in [4.69, 9.17) is 10.5 Å². The van der Waals surface area contributed by atoms with Gasteiger partial charge in [-0.05, 0) is 56.4 Å². The number of anilines is 1. The fourth-order valence-corrected chi connectivity index (χ4v) is 2.04. The molecule has 1 aliphatic carbocycles. The highest BCUT2D eigenvalue weighted by atomic mass is 35.5. The maximum absolute atomic E-state index is 12.1. The van der Waals surface area contributed by atoms with E-state index in [9.17, 15) is 4.79 Å². The van der Waals surface area contributed by atoms with E-state index >= 15 is 0 Å². The zero-order valence-electron chi connectivity index (χ0n) is 12.7. The summed E-state index contributed by atoms with van der Waals surface area (Å²) in [6.07, 6.45) is 4.11. The number of carbonyl (C=O) groups is 1. The van der Waals surface area contributed by atoms with E-state index in [1.54, 1.807) is 6.92 Å². The van der Waals surface area contributed by atoms with Crippen LogP contribution in [0.2, 0.25) is 0 Å². The predicted octanol–water partition coefficient (Wildman–Crippen LogP) is 3.35. The molecule has 1 aliphatic rings. The molecule has 1 unspecified atom stereocenters. The van der Waals surface area contributed by atoms with Gasteiger partial charge in [-0.3, -0.25) is 4.79 Å². The van der Waals surface area contributed by atoms with Gasteiger partial charge in [-0.25, -0.2) is 0 Å². The van der Waals surface area contributed by atoms with E-state index in [0.29, 0.717) is 6.42 Å². The van der Waals surface area contributed by atoms with Crippen LogP contribution in [0.15, 0.2) is 24.3 Å². The molecule has 0 aromatic heterocycles. The smallest absolute Gasteiger partial charge is 0.244 e. The summed E-state index contributed by atoms with van der Waals surface area (Å²) in [5.74, 6) is 1.44. The van der Waals surface area contributed by atoms with Gasteiger partial charge >= 0.3 is 0 Å². The number of benzene rings is 1. The Morgan fingerprint density at radius 3 is 2.52 bits per heavy atom. The fourth-order valence-electron chi connectivity index (χ4n) is 2.04. The van der Waals surface area contributed by atoms with Gasteiger partial charge in [0, 0.05) is 5.69 Å². The minimum Gasteiger partial charge on any atom is -0.493 e. The Kier molecular flexibility index (Phi) is 6.49. The van der Waals surface area contributed by atoms with Gasteiger partial charge in [0.15, 0.2) is 0 Å². The molecule has 118 valence electrons. The maximum Gasteiger partial charge on any atom is 0.244 e. The zero-order valence-corrected chi connectivity index (χ0v) is 13.5. The molecule has 1 amide bonds. The summed E-state index contributed by atoms with van der Waals surface area (Å²) >= 11 is 0. The summed E-state index contributed by atoms with van der Waals surface area (Å²) in [7, 11) is 0. The number of ether oxygens (including phenoxy) is 1. The first-order chi connectivity index (χ1) is 9.51. The van der Waals surface area contributed by atoms with Crippen LogP contribution in [-0.4, -0.2) is 18.1 Å². The van der Waals surface area contributed by atoms with Crippen molar-refractivity contribution < 1.29 is 9.53 Å². The highest BCUT2D eigenvalue weighted by molar-refractivity contribution is 5.97. The molecule has 5 heteroatoms. The molecule has 0 saturated heterocycles. The second-order valence-electron chi connectivity index (χ2n) is 5.90. The van der Waals surface area contributed by atoms with Gasteiger partial charge in [-0.1, -0.05) is 13.3 Å². The molecule has 4 nitrogen and oxygen atoms in total. The Bertz CT molecular complexity index is 456. The maximum atomic E-state index is 12.1. The Morgan fingerprint density at radius 1 is 1.38 bits per heavy atom. The lowest BCUT2D eigenvalue weighted by molar-refractivity contribution is -0.120. The van der Waals surface area contributed by atoms with Crippen molar-refractivity contribution in [2.24, 2.45) is 11.7 Å². The standard InChI is InChI=1S/C16H24N2O2.ClH/c1-3-10-16(2,17)15(19)18-13-6-8-14(9-7-13)20-11-12-4-5-12;/h6-9,12H,3-5,10-11,17H2,1-2H3,(H,18,19);1H. The molecular formula is C16H25ClN2O2. The summed E-state index contributed by atoms with van der Waals surface area (Å²) in [6.45, 7) is 4.58. The van der Waals surface area contributed by atoms with Crippen LogP contribution >= 0.6 is 12.4 Å². The molecule has 1 fully saturated rings. The van der Waals surface area contributed by atoms with Gasteiger partial charge in [-0.2, -0.15) is 0 Å². The second kappa shape index (κ2) is 7.66. The average molecular weight is 313 g/mol. The number of carbonyl (C=O) groups excluding carboxylic acids is 1. The van der Waals surface area contributed by atoms with Crippen molar-refractivity contribution in [1.29, 1.82) is 0 Å². The lowest BCUT2D eigenvalue weighted by Crippen LogP contribution is -2.48. The molecule has 0 aliphatic heterocycles. The third-order valence-corrected chi connectivity index (χ3v) is 3.58. The number of nitrogens with one attached hydrogen (secondary N) is 1. The molecule has 1 atom stereocenters. The minimum absolute atomic E-state index is 0. The van der Waals surface area contributed by atoms with Crippen LogP contribution in [0, 0.1) is 5.92 Å². The number of halogens is 1. The molecule has 0 spiro atoms.